The van der Waals surface area contributed by atoms with E-state index >= 15 is 0 Å². The van der Waals surface area contributed by atoms with Crippen LogP contribution in [0.15, 0.2) is 48.5 Å². The van der Waals surface area contributed by atoms with E-state index in [1.54, 1.807) is 31.2 Å². The van der Waals surface area contributed by atoms with Gasteiger partial charge in [-0.05, 0) is 62.2 Å². The van der Waals surface area contributed by atoms with Gasteiger partial charge in [-0.2, -0.15) is 0 Å². The SMILES string of the molecule is CCOC(=O)c1cccc(OC[C@@H](O)CN2CCC[C@@H]2c2ccc(F)cc2)c1. The first-order valence-corrected chi connectivity index (χ1v) is 9.64. The second-order valence-corrected chi connectivity index (χ2v) is 6.92. The zero-order valence-corrected chi connectivity index (χ0v) is 16.0. The van der Waals surface area contributed by atoms with Crippen LogP contribution >= 0.6 is 0 Å². The number of benzene rings is 2. The number of halogens is 1. The molecule has 0 spiro atoms. The molecular weight excluding hydrogens is 361 g/mol. The highest BCUT2D eigenvalue weighted by atomic mass is 19.1. The molecule has 1 aliphatic rings. The lowest BCUT2D eigenvalue weighted by Gasteiger charge is -2.27. The number of ether oxygens (including phenoxy) is 2. The fourth-order valence-electron chi connectivity index (χ4n) is 3.55. The number of rotatable bonds is 8. The largest absolute Gasteiger partial charge is 0.491 e. The summed E-state index contributed by atoms with van der Waals surface area (Å²) in [6.07, 6.45) is 1.35. The Balaban J connectivity index is 1.54. The third-order valence-electron chi connectivity index (χ3n) is 4.85. The lowest BCUT2D eigenvalue weighted by Crippen LogP contribution is -2.35. The fourth-order valence-corrected chi connectivity index (χ4v) is 3.55. The maximum Gasteiger partial charge on any atom is 0.338 e. The number of β-amino-alcohol motifs (C(OH)–C–C–N with tert-alkyl or cyclic N) is 1. The van der Waals surface area contributed by atoms with Gasteiger partial charge < -0.3 is 14.6 Å². The molecule has 0 aliphatic carbocycles. The average Bonchev–Trinajstić information content (AvgIpc) is 3.15. The molecule has 0 bridgehead atoms. The minimum absolute atomic E-state index is 0.124. The van der Waals surface area contributed by atoms with Gasteiger partial charge in [-0.25, -0.2) is 9.18 Å². The lowest BCUT2D eigenvalue weighted by molar-refractivity contribution is 0.0524. The maximum atomic E-state index is 13.2. The van der Waals surface area contributed by atoms with Gasteiger partial charge in [0.15, 0.2) is 0 Å². The standard InChI is InChI=1S/C22H26FNO4/c1-2-27-22(26)17-5-3-6-20(13-17)28-15-19(25)14-24-12-4-7-21(24)16-8-10-18(23)11-9-16/h3,5-6,8-11,13,19,21,25H,2,4,7,12,14-15H2,1H3/t19-,21+/m0/s1. The van der Waals surface area contributed by atoms with Gasteiger partial charge in [-0.1, -0.05) is 18.2 Å². The van der Waals surface area contributed by atoms with E-state index in [0.29, 0.717) is 24.5 Å². The Morgan fingerprint density at radius 2 is 2.07 bits per heavy atom. The number of carbonyl (C=O) groups excluding carboxylic acids is 1. The molecule has 0 unspecified atom stereocenters. The Kier molecular flexibility index (Phi) is 7.01. The molecule has 1 heterocycles. The third-order valence-corrected chi connectivity index (χ3v) is 4.85. The van der Waals surface area contributed by atoms with Crippen molar-refractivity contribution in [1.29, 1.82) is 0 Å². The monoisotopic (exact) mass is 387 g/mol. The predicted octanol–water partition coefficient (Wildman–Crippen LogP) is 3.58. The van der Waals surface area contributed by atoms with Crippen LogP contribution in [-0.4, -0.2) is 48.4 Å². The molecule has 28 heavy (non-hydrogen) atoms. The van der Waals surface area contributed by atoms with Crippen LogP contribution in [0.1, 0.15) is 41.7 Å². The van der Waals surface area contributed by atoms with E-state index in [1.807, 2.05) is 12.1 Å². The van der Waals surface area contributed by atoms with Crippen molar-refractivity contribution in [2.24, 2.45) is 0 Å². The summed E-state index contributed by atoms with van der Waals surface area (Å²) >= 11 is 0. The van der Waals surface area contributed by atoms with Crippen LogP contribution in [0.4, 0.5) is 4.39 Å². The number of hydrogen-bond donors (Lipinski definition) is 1. The zero-order chi connectivity index (χ0) is 19.9. The van der Waals surface area contributed by atoms with E-state index in [0.717, 1.165) is 24.9 Å². The average molecular weight is 387 g/mol. The summed E-state index contributed by atoms with van der Waals surface area (Å²) in [6.45, 7) is 3.55. The summed E-state index contributed by atoms with van der Waals surface area (Å²) in [5.74, 6) is -0.124. The van der Waals surface area contributed by atoms with Crippen molar-refractivity contribution < 1.29 is 23.8 Å². The molecule has 2 aromatic carbocycles. The number of likely N-dealkylation sites (tertiary alicyclic amines) is 1. The van der Waals surface area contributed by atoms with Crippen molar-refractivity contribution in [3.05, 3.63) is 65.5 Å². The summed E-state index contributed by atoms with van der Waals surface area (Å²) in [4.78, 5) is 14.0. The predicted molar refractivity (Wildman–Crippen MR) is 104 cm³/mol. The van der Waals surface area contributed by atoms with Crippen molar-refractivity contribution >= 4 is 5.97 Å². The van der Waals surface area contributed by atoms with Crippen LogP contribution in [0.2, 0.25) is 0 Å². The second kappa shape index (κ2) is 9.66. The van der Waals surface area contributed by atoms with Gasteiger partial charge >= 0.3 is 5.97 Å². The fraction of sp³-hybridized carbons (Fsp3) is 0.409. The Hall–Kier alpha value is -2.44. The second-order valence-electron chi connectivity index (χ2n) is 6.92. The van der Waals surface area contributed by atoms with E-state index in [2.05, 4.69) is 4.90 Å². The Morgan fingerprint density at radius 1 is 1.29 bits per heavy atom. The molecule has 6 heteroatoms. The molecule has 2 aromatic rings. The van der Waals surface area contributed by atoms with E-state index in [1.165, 1.54) is 12.1 Å². The summed E-state index contributed by atoms with van der Waals surface area (Å²) in [6, 6.07) is 13.5. The first-order chi connectivity index (χ1) is 13.6. The molecule has 0 saturated carbocycles. The van der Waals surface area contributed by atoms with Crippen molar-refractivity contribution in [3.63, 3.8) is 0 Å². The van der Waals surface area contributed by atoms with Crippen molar-refractivity contribution in [3.8, 4) is 5.75 Å². The first kappa shape index (κ1) is 20.3. The molecule has 1 aliphatic heterocycles. The minimum atomic E-state index is -0.674. The number of carbonyl (C=O) groups is 1. The number of nitrogens with zero attached hydrogens (tertiary/aromatic N) is 1. The highest BCUT2D eigenvalue weighted by Gasteiger charge is 2.27. The summed E-state index contributed by atoms with van der Waals surface area (Å²) < 4.78 is 23.8. The van der Waals surface area contributed by atoms with Crippen molar-refractivity contribution in [1.82, 2.24) is 4.90 Å². The number of esters is 1. The number of hydrogen-bond acceptors (Lipinski definition) is 5. The van der Waals surface area contributed by atoms with Gasteiger partial charge in [0, 0.05) is 12.6 Å². The lowest BCUT2D eigenvalue weighted by atomic mass is 10.0. The number of aliphatic hydroxyl groups is 1. The van der Waals surface area contributed by atoms with Crippen LogP contribution in [0.25, 0.3) is 0 Å². The molecular formula is C22H26FNO4. The van der Waals surface area contributed by atoms with Crippen LogP contribution in [0.5, 0.6) is 5.75 Å². The molecule has 3 rings (SSSR count). The summed E-state index contributed by atoms with van der Waals surface area (Å²) in [7, 11) is 0. The van der Waals surface area contributed by atoms with E-state index in [-0.39, 0.29) is 18.5 Å². The van der Waals surface area contributed by atoms with Gasteiger partial charge in [0.1, 0.15) is 24.3 Å². The maximum absolute atomic E-state index is 13.2. The summed E-state index contributed by atoms with van der Waals surface area (Å²) in [5.41, 5.74) is 1.49. The minimum Gasteiger partial charge on any atom is -0.491 e. The Bertz CT molecular complexity index is 780. The molecule has 5 nitrogen and oxygen atoms in total. The van der Waals surface area contributed by atoms with Gasteiger partial charge in [0.05, 0.1) is 12.2 Å². The highest BCUT2D eigenvalue weighted by molar-refractivity contribution is 5.89. The van der Waals surface area contributed by atoms with Crippen LogP contribution in [0.3, 0.4) is 0 Å². The Labute approximate surface area is 164 Å². The van der Waals surface area contributed by atoms with E-state index < -0.39 is 12.1 Å². The number of aliphatic hydroxyl groups excluding tert-OH is 1. The van der Waals surface area contributed by atoms with Crippen LogP contribution in [-0.2, 0) is 4.74 Å². The van der Waals surface area contributed by atoms with Gasteiger partial charge in [-0.3, -0.25) is 4.90 Å². The van der Waals surface area contributed by atoms with Gasteiger partial charge in [0.2, 0.25) is 0 Å². The molecule has 1 saturated heterocycles. The molecule has 0 aromatic heterocycles. The quantitative estimate of drug-likeness (QED) is 0.702. The molecule has 2 atom stereocenters. The zero-order valence-electron chi connectivity index (χ0n) is 16.0. The summed E-state index contributed by atoms with van der Waals surface area (Å²) in [5, 5.41) is 10.4. The molecule has 0 radical (unpaired) electrons. The van der Waals surface area contributed by atoms with Gasteiger partial charge in [-0.15, -0.1) is 0 Å². The van der Waals surface area contributed by atoms with E-state index in [4.69, 9.17) is 9.47 Å². The van der Waals surface area contributed by atoms with Crippen LogP contribution in [0, 0.1) is 5.82 Å². The Morgan fingerprint density at radius 3 is 2.82 bits per heavy atom. The molecule has 1 N–H and O–H groups in total. The normalized spacial score (nSPS) is 18.0. The van der Waals surface area contributed by atoms with E-state index in [9.17, 15) is 14.3 Å². The molecule has 1 fully saturated rings. The molecule has 150 valence electrons. The van der Waals surface area contributed by atoms with Crippen molar-refractivity contribution in [2.45, 2.75) is 31.9 Å². The first-order valence-electron chi connectivity index (χ1n) is 9.64. The smallest absolute Gasteiger partial charge is 0.338 e. The topological polar surface area (TPSA) is 59.0 Å². The third kappa shape index (κ3) is 5.30. The van der Waals surface area contributed by atoms with Crippen molar-refractivity contribution in [2.75, 3.05) is 26.3 Å². The molecule has 0 amide bonds. The van der Waals surface area contributed by atoms with Gasteiger partial charge in [0.25, 0.3) is 0 Å². The van der Waals surface area contributed by atoms with Crippen LogP contribution < -0.4 is 4.74 Å². The highest BCUT2D eigenvalue weighted by Crippen LogP contribution is 2.32.